The van der Waals surface area contributed by atoms with Crippen LogP contribution in [0.4, 0.5) is 0 Å². The fourth-order valence-corrected chi connectivity index (χ4v) is 2.00. The number of carbonyl (C=O) groups is 1. The molecule has 1 aliphatic carbocycles. The normalized spacial score (nSPS) is 27.3. The van der Waals surface area contributed by atoms with Crippen molar-refractivity contribution in [1.82, 2.24) is 5.32 Å². The molecule has 2 atom stereocenters. The molecule has 1 saturated carbocycles. The molecule has 0 aliphatic heterocycles. The number of nitrogens with two attached hydrogens (primary N) is 1. The van der Waals surface area contributed by atoms with E-state index in [4.69, 9.17) is 5.73 Å². The summed E-state index contributed by atoms with van der Waals surface area (Å²) in [5.74, 6) is 0.242. The molecule has 0 aromatic rings. The van der Waals surface area contributed by atoms with Crippen LogP contribution < -0.4 is 11.1 Å². The molecule has 1 aliphatic rings. The van der Waals surface area contributed by atoms with E-state index in [0.29, 0.717) is 0 Å². The molecular weight excluding hydrogens is 176 g/mol. The maximum atomic E-state index is 11.7. The van der Waals surface area contributed by atoms with Gasteiger partial charge >= 0.3 is 0 Å². The van der Waals surface area contributed by atoms with Crippen molar-refractivity contribution in [1.29, 1.82) is 0 Å². The van der Waals surface area contributed by atoms with Gasteiger partial charge in [-0.25, -0.2) is 0 Å². The minimum Gasteiger partial charge on any atom is -0.356 e. The van der Waals surface area contributed by atoms with Crippen LogP contribution in [0.5, 0.6) is 0 Å². The Morgan fingerprint density at radius 3 is 2.79 bits per heavy atom. The topological polar surface area (TPSA) is 55.1 Å². The van der Waals surface area contributed by atoms with Crippen LogP contribution in [0.3, 0.4) is 0 Å². The summed E-state index contributed by atoms with van der Waals surface area (Å²) in [6.45, 7) is 2.93. The van der Waals surface area contributed by atoms with E-state index in [-0.39, 0.29) is 17.9 Å². The number of amides is 1. The van der Waals surface area contributed by atoms with Gasteiger partial charge in [0.2, 0.25) is 5.91 Å². The third-order valence-corrected chi connectivity index (χ3v) is 2.99. The molecule has 3 N–H and O–H groups in total. The van der Waals surface area contributed by atoms with Crippen LogP contribution in [0.1, 0.15) is 45.4 Å². The lowest BCUT2D eigenvalue weighted by Gasteiger charge is -2.27. The van der Waals surface area contributed by atoms with E-state index in [1.165, 1.54) is 6.42 Å². The molecule has 3 nitrogen and oxygen atoms in total. The Bertz CT molecular complexity index is 182. The fraction of sp³-hybridized carbons (Fsp3) is 0.909. The Hall–Kier alpha value is -0.570. The maximum absolute atomic E-state index is 11.7. The van der Waals surface area contributed by atoms with E-state index < -0.39 is 0 Å². The molecule has 0 radical (unpaired) electrons. The Morgan fingerprint density at radius 1 is 1.43 bits per heavy atom. The van der Waals surface area contributed by atoms with Crippen molar-refractivity contribution in [3.05, 3.63) is 0 Å². The first-order valence-corrected chi connectivity index (χ1v) is 5.79. The molecule has 0 bridgehead atoms. The summed E-state index contributed by atoms with van der Waals surface area (Å²) in [7, 11) is 0. The van der Waals surface area contributed by atoms with Crippen molar-refractivity contribution >= 4 is 5.91 Å². The number of rotatable bonds is 4. The summed E-state index contributed by atoms with van der Waals surface area (Å²) in [6.07, 6.45) is 6.50. The van der Waals surface area contributed by atoms with Crippen molar-refractivity contribution < 1.29 is 4.79 Å². The van der Waals surface area contributed by atoms with E-state index in [2.05, 4.69) is 12.2 Å². The van der Waals surface area contributed by atoms with Gasteiger partial charge in [0.25, 0.3) is 0 Å². The lowest BCUT2D eigenvalue weighted by atomic mass is 9.84. The van der Waals surface area contributed by atoms with Crippen LogP contribution in [-0.2, 0) is 4.79 Å². The van der Waals surface area contributed by atoms with Gasteiger partial charge in [-0.15, -0.1) is 0 Å². The molecule has 0 heterocycles. The molecule has 0 spiro atoms. The second-order valence-corrected chi connectivity index (χ2v) is 4.20. The summed E-state index contributed by atoms with van der Waals surface area (Å²) in [4.78, 5) is 11.7. The van der Waals surface area contributed by atoms with Crippen molar-refractivity contribution in [2.24, 2.45) is 11.7 Å². The summed E-state index contributed by atoms with van der Waals surface area (Å²) in [5.41, 5.74) is 5.92. The monoisotopic (exact) mass is 198 g/mol. The second-order valence-electron chi connectivity index (χ2n) is 4.20. The van der Waals surface area contributed by atoms with E-state index in [0.717, 1.165) is 38.6 Å². The van der Waals surface area contributed by atoms with Gasteiger partial charge in [0.1, 0.15) is 0 Å². The zero-order chi connectivity index (χ0) is 10.4. The van der Waals surface area contributed by atoms with Crippen LogP contribution in [0.25, 0.3) is 0 Å². The fourth-order valence-electron chi connectivity index (χ4n) is 2.00. The summed E-state index contributed by atoms with van der Waals surface area (Å²) in [6, 6.07) is 0.0883. The SMILES string of the molecule is CCCCNC(=O)[C@@H]1CCCC[C@@H]1N. The predicted octanol–water partition coefficient (Wildman–Crippen LogP) is 1.42. The standard InChI is InChI=1S/C11H22N2O/c1-2-3-8-13-11(14)9-6-4-5-7-10(9)12/h9-10H,2-8,12H2,1H3,(H,13,14)/t9-,10+/m1/s1. The quantitative estimate of drug-likeness (QED) is 0.671. The van der Waals surface area contributed by atoms with E-state index in [9.17, 15) is 4.79 Å². The molecule has 1 rings (SSSR count). The minimum atomic E-state index is 0.0700. The van der Waals surface area contributed by atoms with E-state index >= 15 is 0 Å². The molecule has 1 amide bonds. The highest BCUT2D eigenvalue weighted by molar-refractivity contribution is 5.79. The van der Waals surface area contributed by atoms with Crippen molar-refractivity contribution in [3.63, 3.8) is 0 Å². The van der Waals surface area contributed by atoms with Gasteiger partial charge < -0.3 is 11.1 Å². The number of nitrogens with one attached hydrogen (secondary N) is 1. The first kappa shape index (κ1) is 11.5. The first-order chi connectivity index (χ1) is 6.75. The van der Waals surface area contributed by atoms with Crippen LogP contribution in [-0.4, -0.2) is 18.5 Å². The Labute approximate surface area is 86.4 Å². The Balaban J connectivity index is 2.27. The molecule has 1 fully saturated rings. The molecule has 82 valence electrons. The van der Waals surface area contributed by atoms with Crippen LogP contribution in [0.2, 0.25) is 0 Å². The molecule has 0 saturated heterocycles. The summed E-state index contributed by atoms with van der Waals surface area (Å²) >= 11 is 0. The summed E-state index contributed by atoms with van der Waals surface area (Å²) in [5, 5.41) is 2.96. The lowest BCUT2D eigenvalue weighted by molar-refractivity contribution is -0.126. The zero-order valence-corrected chi connectivity index (χ0v) is 9.09. The molecule has 14 heavy (non-hydrogen) atoms. The Kier molecular flexibility index (Phi) is 4.94. The predicted molar refractivity (Wildman–Crippen MR) is 57.9 cm³/mol. The highest BCUT2D eigenvalue weighted by atomic mass is 16.1. The van der Waals surface area contributed by atoms with Gasteiger partial charge in [0.15, 0.2) is 0 Å². The van der Waals surface area contributed by atoms with Gasteiger partial charge in [-0.1, -0.05) is 26.2 Å². The van der Waals surface area contributed by atoms with Crippen molar-refractivity contribution in [2.75, 3.05) is 6.54 Å². The van der Waals surface area contributed by atoms with Crippen LogP contribution in [0.15, 0.2) is 0 Å². The summed E-state index contributed by atoms with van der Waals surface area (Å²) < 4.78 is 0. The first-order valence-electron chi connectivity index (χ1n) is 5.79. The van der Waals surface area contributed by atoms with Gasteiger partial charge in [0.05, 0.1) is 5.92 Å². The average molecular weight is 198 g/mol. The molecule has 3 heteroatoms. The van der Waals surface area contributed by atoms with E-state index in [1.54, 1.807) is 0 Å². The third-order valence-electron chi connectivity index (χ3n) is 2.99. The minimum absolute atomic E-state index is 0.0700. The van der Waals surface area contributed by atoms with Gasteiger partial charge in [0, 0.05) is 12.6 Å². The second kappa shape index (κ2) is 6.02. The zero-order valence-electron chi connectivity index (χ0n) is 9.09. The van der Waals surface area contributed by atoms with E-state index in [1.807, 2.05) is 0 Å². The number of carbonyl (C=O) groups excluding carboxylic acids is 1. The molecule has 0 aromatic carbocycles. The van der Waals surface area contributed by atoms with Crippen molar-refractivity contribution in [2.45, 2.75) is 51.5 Å². The van der Waals surface area contributed by atoms with Crippen LogP contribution in [0, 0.1) is 5.92 Å². The third kappa shape index (κ3) is 3.29. The molecular formula is C11H22N2O. The average Bonchev–Trinajstić information content (AvgIpc) is 2.18. The van der Waals surface area contributed by atoms with Crippen LogP contribution >= 0.6 is 0 Å². The van der Waals surface area contributed by atoms with Gasteiger partial charge in [-0.2, -0.15) is 0 Å². The van der Waals surface area contributed by atoms with Gasteiger partial charge in [-0.05, 0) is 19.3 Å². The maximum Gasteiger partial charge on any atom is 0.224 e. The molecule has 0 unspecified atom stereocenters. The highest BCUT2D eigenvalue weighted by Gasteiger charge is 2.27. The Morgan fingerprint density at radius 2 is 2.14 bits per heavy atom. The van der Waals surface area contributed by atoms with Crippen molar-refractivity contribution in [3.8, 4) is 0 Å². The smallest absolute Gasteiger partial charge is 0.224 e. The molecule has 0 aromatic heterocycles. The largest absolute Gasteiger partial charge is 0.356 e. The van der Waals surface area contributed by atoms with Gasteiger partial charge in [-0.3, -0.25) is 4.79 Å². The number of unbranched alkanes of at least 4 members (excludes halogenated alkanes) is 1. The number of hydrogen-bond acceptors (Lipinski definition) is 2. The number of hydrogen-bond donors (Lipinski definition) is 2. The highest BCUT2D eigenvalue weighted by Crippen LogP contribution is 2.22. The lowest BCUT2D eigenvalue weighted by Crippen LogP contribution is -2.43.